The first kappa shape index (κ1) is 26.3. The zero-order valence-electron chi connectivity index (χ0n) is 23.9. The lowest BCUT2D eigenvalue weighted by Gasteiger charge is -2.72. The number of carbonyl (C=O) groups is 2. The SMILES string of the molecule is C=C(C)[C@@H]1CC[C@]2(C)CC[C@]3(C)[C@H](CC[C@@H]4[C@@]5(C)CC[C@@H](OC(C)=O)[C@](C)(C(=O)O)[C@H]5CC[C@]43C)[C@H]12. The predicted molar refractivity (Wildman–Crippen MR) is 142 cm³/mol. The van der Waals surface area contributed by atoms with Crippen LogP contribution in [-0.4, -0.2) is 23.1 Å². The van der Waals surface area contributed by atoms with Gasteiger partial charge in [0.05, 0.1) is 0 Å². The van der Waals surface area contributed by atoms with Crippen LogP contribution in [0.3, 0.4) is 0 Å². The summed E-state index contributed by atoms with van der Waals surface area (Å²) in [5.41, 5.74) is 1.24. The number of carboxylic acid groups (broad SMARTS) is 1. The molecule has 0 spiro atoms. The van der Waals surface area contributed by atoms with E-state index in [0.717, 1.165) is 31.1 Å². The second-order valence-electron chi connectivity index (χ2n) is 15.1. The van der Waals surface area contributed by atoms with Crippen LogP contribution in [0.4, 0.5) is 0 Å². The van der Waals surface area contributed by atoms with Crippen LogP contribution in [-0.2, 0) is 14.3 Å². The van der Waals surface area contributed by atoms with Gasteiger partial charge in [0, 0.05) is 6.92 Å². The smallest absolute Gasteiger partial charge is 0.313 e. The molecule has 0 radical (unpaired) electrons. The molecule has 0 aromatic rings. The van der Waals surface area contributed by atoms with Gasteiger partial charge in [0.25, 0.3) is 0 Å². The Bertz CT molecular complexity index is 971. The highest BCUT2D eigenvalue weighted by Crippen LogP contribution is 2.77. The molecule has 1 N–H and O–H groups in total. The molecule has 5 rings (SSSR count). The van der Waals surface area contributed by atoms with Gasteiger partial charge >= 0.3 is 11.9 Å². The normalized spacial score (nSPS) is 53.9. The van der Waals surface area contributed by atoms with Crippen molar-refractivity contribution in [2.45, 2.75) is 119 Å². The molecule has 5 fully saturated rings. The largest absolute Gasteiger partial charge is 0.481 e. The Kier molecular flexibility index (Phi) is 5.91. The molecule has 11 atom stereocenters. The van der Waals surface area contributed by atoms with Gasteiger partial charge in [-0.05, 0) is 129 Å². The Hall–Kier alpha value is -1.32. The monoisotopic (exact) mass is 498 g/mol. The van der Waals surface area contributed by atoms with Crippen LogP contribution in [0.2, 0.25) is 0 Å². The van der Waals surface area contributed by atoms with Gasteiger partial charge in [-0.15, -0.1) is 0 Å². The fourth-order valence-electron chi connectivity index (χ4n) is 11.8. The summed E-state index contributed by atoms with van der Waals surface area (Å²) in [6.45, 7) is 20.2. The van der Waals surface area contributed by atoms with E-state index < -0.39 is 17.5 Å². The molecule has 0 saturated heterocycles. The molecular formula is C32H50O4. The van der Waals surface area contributed by atoms with Crippen LogP contribution in [0.5, 0.6) is 0 Å². The molecule has 4 nitrogen and oxygen atoms in total. The standard InChI is InChI=1S/C32H50O4/c1-19(2)21-11-14-28(4)17-18-30(6)22(26(21)28)9-10-23-29(5)15-13-25(36-20(3)33)32(8,27(34)35)24(29)12-16-31(23,30)7/h21-26H,1,9-18H2,2-8H3,(H,34,35)/t21-,22+,23+,24-,25+,26-,28+,29+,30+,31+,32+/m0/s1. The molecule has 5 aliphatic rings. The highest BCUT2D eigenvalue weighted by molar-refractivity contribution is 5.77. The van der Waals surface area contributed by atoms with Gasteiger partial charge in [0.1, 0.15) is 11.5 Å². The molecule has 0 aromatic carbocycles. The van der Waals surface area contributed by atoms with Crippen molar-refractivity contribution in [1.29, 1.82) is 0 Å². The summed E-state index contributed by atoms with van der Waals surface area (Å²) < 4.78 is 5.69. The summed E-state index contributed by atoms with van der Waals surface area (Å²) in [7, 11) is 0. The van der Waals surface area contributed by atoms with Crippen molar-refractivity contribution in [1.82, 2.24) is 0 Å². The number of carboxylic acids is 1. The van der Waals surface area contributed by atoms with Gasteiger partial charge in [-0.2, -0.15) is 0 Å². The fourth-order valence-corrected chi connectivity index (χ4v) is 11.8. The minimum atomic E-state index is -1.03. The lowest BCUT2D eigenvalue weighted by molar-refractivity contribution is -0.252. The Morgan fingerprint density at radius 3 is 2.11 bits per heavy atom. The minimum absolute atomic E-state index is 0.0299. The fraction of sp³-hybridized carbons (Fsp3) is 0.875. The lowest BCUT2D eigenvalue weighted by Crippen LogP contribution is -2.68. The molecule has 4 heteroatoms. The number of aliphatic carboxylic acids is 1. The van der Waals surface area contributed by atoms with Crippen molar-refractivity contribution in [3.63, 3.8) is 0 Å². The van der Waals surface area contributed by atoms with E-state index in [2.05, 4.69) is 41.2 Å². The molecule has 0 aliphatic heterocycles. The highest BCUT2D eigenvalue weighted by atomic mass is 16.5. The molecule has 5 saturated carbocycles. The number of ether oxygens (including phenoxy) is 1. The van der Waals surface area contributed by atoms with E-state index in [0.29, 0.717) is 23.7 Å². The van der Waals surface area contributed by atoms with Crippen LogP contribution in [0, 0.1) is 56.7 Å². The third-order valence-electron chi connectivity index (χ3n) is 13.9. The Labute approximate surface area is 219 Å². The summed E-state index contributed by atoms with van der Waals surface area (Å²) in [6.07, 6.45) is 10.8. The first-order chi connectivity index (χ1) is 16.6. The number of fused-ring (bicyclic) bond motifs is 7. The lowest BCUT2D eigenvalue weighted by atomic mass is 9.32. The average Bonchev–Trinajstić information content (AvgIpc) is 3.14. The van der Waals surface area contributed by atoms with Crippen molar-refractivity contribution in [2.75, 3.05) is 0 Å². The topological polar surface area (TPSA) is 63.6 Å². The van der Waals surface area contributed by atoms with E-state index in [1.54, 1.807) is 0 Å². The predicted octanol–water partition coefficient (Wildman–Crippen LogP) is 7.66. The third kappa shape index (κ3) is 3.17. The summed E-state index contributed by atoms with van der Waals surface area (Å²) in [5, 5.41) is 10.5. The number of esters is 1. The van der Waals surface area contributed by atoms with Crippen molar-refractivity contribution >= 4 is 11.9 Å². The molecule has 5 aliphatic carbocycles. The first-order valence-corrected chi connectivity index (χ1v) is 14.7. The van der Waals surface area contributed by atoms with Gasteiger partial charge in [-0.25, -0.2) is 0 Å². The van der Waals surface area contributed by atoms with E-state index in [1.807, 2.05) is 6.92 Å². The second kappa shape index (κ2) is 8.09. The van der Waals surface area contributed by atoms with Gasteiger partial charge in [-0.3, -0.25) is 9.59 Å². The second-order valence-corrected chi connectivity index (χ2v) is 15.1. The molecule has 0 amide bonds. The molecule has 0 unspecified atom stereocenters. The Balaban J connectivity index is 1.53. The molecule has 202 valence electrons. The first-order valence-electron chi connectivity index (χ1n) is 14.7. The maximum absolute atomic E-state index is 12.9. The van der Waals surface area contributed by atoms with Crippen LogP contribution in [0.25, 0.3) is 0 Å². The van der Waals surface area contributed by atoms with Gasteiger partial charge in [-0.1, -0.05) is 39.8 Å². The zero-order valence-corrected chi connectivity index (χ0v) is 23.9. The van der Waals surface area contributed by atoms with E-state index in [4.69, 9.17) is 4.74 Å². The van der Waals surface area contributed by atoms with Crippen LogP contribution >= 0.6 is 0 Å². The summed E-state index contributed by atoms with van der Waals surface area (Å²) >= 11 is 0. The number of allylic oxidation sites excluding steroid dienone is 1. The van der Waals surface area contributed by atoms with Crippen molar-refractivity contribution in [3.8, 4) is 0 Å². The number of hydrogen-bond donors (Lipinski definition) is 1. The summed E-state index contributed by atoms with van der Waals surface area (Å²) in [4.78, 5) is 24.8. The minimum Gasteiger partial charge on any atom is -0.481 e. The number of rotatable bonds is 3. The quantitative estimate of drug-likeness (QED) is 0.320. The van der Waals surface area contributed by atoms with E-state index in [1.165, 1.54) is 51.0 Å². The van der Waals surface area contributed by atoms with Gasteiger partial charge < -0.3 is 9.84 Å². The molecule has 36 heavy (non-hydrogen) atoms. The van der Waals surface area contributed by atoms with Crippen LogP contribution in [0.15, 0.2) is 12.2 Å². The van der Waals surface area contributed by atoms with Crippen molar-refractivity contribution in [2.24, 2.45) is 56.7 Å². The van der Waals surface area contributed by atoms with Crippen molar-refractivity contribution < 1.29 is 19.4 Å². The van der Waals surface area contributed by atoms with E-state index >= 15 is 0 Å². The Morgan fingerprint density at radius 1 is 0.806 bits per heavy atom. The molecule has 0 aromatic heterocycles. The molecule has 0 heterocycles. The highest BCUT2D eigenvalue weighted by Gasteiger charge is 2.72. The maximum atomic E-state index is 12.9. The van der Waals surface area contributed by atoms with E-state index in [9.17, 15) is 14.7 Å². The molecule has 0 bridgehead atoms. The van der Waals surface area contributed by atoms with Gasteiger partial charge in [0.2, 0.25) is 0 Å². The Morgan fingerprint density at radius 2 is 1.50 bits per heavy atom. The third-order valence-corrected chi connectivity index (χ3v) is 13.9. The number of carbonyl (C=O) groups excluding carboxylic acids is 1. The average molecular weight is 499 g/mol. The van der Waals surface area contributed by atoms with Crippen LogP contribution in [0.1, 0.15) is 113 Å². The summed E-state index contributed by atoms with van der Waals surface area (Å²) in [6, 6.07) is 0. The van der Waals surface area contributed by atoms with Gasteiger partial charge in [0.15, 0.2) is 0 Å². The molecular weight excluding hydrogens is 448 g/mol. The van der Waals surface area contributed by atoms with Crippen molar-refractivity contribution in [3.05, 3.63) is 12.2 Å². The van der Waals surface area contributed by atoms with E-state index in [-0.39, 0.29) is 28.1 Å². The summed E-state index contributed by atoms with van der Waals surface area (Å²) in [5.74, 6) is 1.50. The maximum Gasteiger partial charge on any atom is 0.313 e. The number of hydrogen-bond acceptors (Lipinski definition) is 3. The van der Waals surface area contributed by atoms with Crippen LogP contribution < -0.4 is 0 Å². The zero-order chi connectivity index (χ0) is 26.5.